The molecule has 0 aromatic heterocycles. The van der Waals surface area contributed by atoms with E-state index in [9.17, 15) is 0 Å². The van der Waals surface area contributed by atoms with Gasteiger partial charge in [0.1, 0.15) is 0 Å². The maximum Gasteiger partial charge on any atom is 0.0595 e. The summed E-state index contributed by atoms with van der Waals surface area (Å²) in [7, 11) is 0. The van der Waals surface area contributed by atoms with Crippen LogP contribution in [-0.2, 0) is 4.75 Å². The lowest BCUT2D eigenvalue weighted by molar-refractivity contribution is 0.564. The molecule has 0 saturated carbocycles. The molecule has 1 aromatic carbocycles. The molecule has 2 aliphatic heterocycles. The van der Waals surface area contributed by atoms with Gasteiger partial charge in [-0.15, -0.1) is 11.8 Å². The summed E-state index contributed by atoms with van der Waals surface area (Å²) in [6, 6.07) is 6.76. The van der Waals surface area contributed by atoms with Gasteiger partial charge in [0.25, 0.3) is 0 Å². The second-order valence-corrected chi connectivity index (χ2v) is 6.84. The molecule has 1 nitrogen and oxygen atoms in total. The minimum atomic E-state index is 0.233. The Morgan fingerprint density at radius 3 is 3.00 bits per heavy atom. The highest BCUT2D eigenvalue weighted by atomic mass is 35.5. The molecule has 2 bridgehead atoms. The first-order valence-electron chi connectivity index (χ1n) is 5.52. The van der Waals surface area contributed by atoms with Crippen molar-refractivity contribution >= 4 is 35.0 Å². The van der Waals surface area contributed by atoms with Crippen LogP contribution in [0, 0.1) is 0 Å². The summed E-state index contributed by atoms with van der Waals surface area (Å²) in [5, 5.41) is 4.91. The third-order valence-electron chi connectivity index (χ3n) is 3.54. The summed E-state index contributed by atoms with van der Waals surface area (Å²) in [4.78, 5) is 0. The monoisotopic (exact) mass is 273 g/mol. The number of thioether (sulfide) groups is 1. The quantitative estimate of drug-likeness (QED) is 0.838. The minimum Gasteiger partial charge on any atom is -0.312 e. The van der Waals surface area contributed by atoms with E-state index in [4.69, 9.17) is 23.2 Å². The van der Waals surface area contributed by atoms with Crippen molar-refractivity contribution in [3.63, 3.8) is 0 Å². The summed E-state index contributed by atoms with van der Waals surface area (Å²) >= 11 is 14.1. The fraction of sp³-hybridized carbons (Fsp3) is 0.500. The average molecular weight is 274 g/mol. The van der Waals surface area contributed by atoms with Crippen molar-refractivity contribution in [1.82, 2.24) is 5.32 Å². The number of fused-ring (bicyclic) bond motifs is 2. The lowest BCUT2D eigenvalue weighted by atomic mass is 9.94. The predicted octanol–water partition coefficient (Wildman–Crippen LogP) is 3.69. The Hall–Kier alpha value is 0.110. The number of halogens is 2. The largest absolute Gasteiger partial charge is 0.312 e. The first kappa shape index (κ1) is 11.2. The Morgan fingerprint density at radius 2 is 2.19 bits per heavy atom. The Balaban J connectivity index is 1.99. The normalized spacial score (nSPS) is 33.0. The van der Waals surface area contributed by atoms with E-state index < -0.39 is 0 Å². The van der Waals surface area contributed by atoms with E-state index >= 15 is 0 Å². The topological polar surface area (TPSA) is 12.0 Å². The molecule has 2 fully saturated rings. The van der Waals surface area contributed by atoms with Crippen LogP contribution in [0.1, 0.15) is 18.4 Å². The highest BCUT2D eigenvalue weighted by Crippen LogP contribution is 2.48. The molecule has 2 aliphatic rings. The van der Waals surface area contributed by atoms with Crippen LogP contribution in [0.3, 0.4) is 0 Å². The maximum atomic E-state index is 6.10. The zero-order chi connectivity index (χ0) is 11.2. The van der Waals surface area contributed by atoms with Gasteiger partial charge >= 0.3 is 0 Å². The SMILES string of the molecule is Clc1ccc(C23CNC(CCS2)C3)cc1Cl. The number of hydrogen-bond donors (Lipinski definition) is 1. The molecule has 2 atom stereocenters. The third kappa shape index (κ3) is 1.76. The molecule has 0 radical (unpaired) electrons. The van der Waals surface area contributed by atoms with Crippen molar-refractivity contribution in [3.8, 4) is 0 Å². The number of hydrogen-bond acceptors (Lipinski definition) is 2. The van der Waals surface area contributed by atoms with Gasteiger partial charge in [-0.3, -0.25) is 0 Å². The molecule has 16 heavy (non-hydrogen) atoms. The van der Waals surface area contributed by atoms with Gasteiger partial charge in [0.2, 0.25) is 0 Å². The Kier molecular flexibility index (Phi) is 2.87. The number of nitrogens with one attached hydrogen (secondary N) is 1. The van der Waals surface area contributed by atoms with Crippen LogP contribution in [0.5, 0.6) is 0 Å². The summed E-state index contributed by atoms with van der Waals surface area (Å²) in [5.41, 5.74) is 1.32. The number of rotatable bonds is 1. The molecule has 1 aromatic rings. The highest BCUT2D eigenvalue weighted by molar-refractivity contribution is 8.00. The average Bonchev–Trinajstić information content (AvgIpc) is 2.59. The molecular formula is C12H13Cl2NS. The number of benzene rings is 1. The van der Waals surface area contributed by atoms with Crippen molar-refractivity contribution in [2.45, 2.75) is 23.6 Å². The van der Waals surface area contributed by atoms with Crippen LogP contribution in [0.4, 0.5) is 0 Å². The molecular weight excluding hydrogens is 261 g/mol. The van der Waals surface area contributed by atoms with Crippen LogP contribution < -0.4 is 5.32 Å². The van der Waals surface area contributed by atoms with Gasteiger partial charge < -0.3 is 5.32 Å². The van der Waals surface area contributed by atoms with Crippen molar-refractivity contribution < 1.29 is 0 Å². The van der Waals surface area contributed by atoms with Gasteiger partial charge in [-0.05, 0) is 36.3 Å². The van der Waals surface area contributed by atoms with Crippen LogP contribution in [0.25, 0.3) is 0 Å². The lowest BCUT2D eigenvalue weighted by Gasteiger charge is -2.32. The van der Waals surface area contributed by atoms with E-state index in [0.29, 0.717) is 16.1 Å². The van der Waals surface area contributed by atoms with E-state index in [0.717, 1.165) is 6.54 Å². The van der Waals surface area contributed by atoms with Gasteiger partial charge in [-0.2, -0.15) is 0 Å². The molecule has 2 unspecified atom stereocenters. The molecule has 86 valence electrons. The first-order valence-corrected chi connectivity index (χ1v) is 7.27. The first-order chi connectivity index (χ1) is 7.70. The summed E-state index contributed by atoms with van der Waals surface area (Å²) < 4.78 is 0.233. The zero-order valence-corrected chi connectivity index (χ0v) is 11.1. The van der Waals surface area contributed by atoms with Crippen molar-refractivity contribution in [2.24, 2.45) is 0 Å². The van der Waals surface area contributed by atoms with Gasteiger partial charge in [0.05, 0.1) is 14.8 Å². The lowest BCUT2D eigenvalue weighted by Crippen LogP contribution is -2.26. The van der Waals surface area contributed by atoms with Crippen molar-refractivity contribution in [2.75, 3.05) is 12.3 Å². The van der Waals surface area contributed by atoms with Crippen LogP contribution in [-0.4, -0.2) is 18.3 Å². The van der Waals surface area contributed by atoms with Crippen LogP contribution in [0.2, 0.25) is 10.0 Å². The third-order valence-corrected chi connectivity index (χ3v) is 5.82. The van der Waals surface area contributed by atoms with Crippen molar-refractivity contribution in [1.29, 1.82) is 0 Å². The molecule has 3 rings (SSSR count). The molecule has 1 N–H and O–H groups in total. The molecule has 0 amide bonds. The molecule has 2 heterocycles. The zero-order valence-electron chi connectivity index (χ0n) is 8.80. The Bertz CT molecular complexity index is 419. The van der Waals surface area contributed by atoms with Crippen LogP contribution in [0.15, 0.2) is 18.2 Å². The van der Waals surface area contributed by atoms with Gasteiger partial charge in [0, 0.05) is 12.6 Å². The second-order valence-electron chi connectivity index (χ2n) is 4.54. The fourth-order valence-corrected chi connectivity index (χ4v) is 4.53. The van der Waals surface area contributed by atoms with E-state index in [1.54, 1.807) is 0 Å². The molecule has 0 spiro atoms. The standard InChI is InChI=1S/C12H13Cl2NS/c13-10-2-1-8(5-11(10)14)12-6-9(15-7-12)3-4-16-12/h1-2,5,9,15H,3-4,6-7H2. The van der Waals surface area contributed by atoms with Crippen molar-refractivity contribution in [3.05, 3.63) is 33.8 Å². The van der Waals surface area contributed by atoms with Gasteiger partial charge in [0.15, 0.2) is 0 Å². The fourth-order valence-electron chi connectivity index (χ4n) is 2.64. The second kappa shape index (κ2) is 4.09. The maximum absolute atomic E-state index is 6.10. The summed E-state index contributed by atoms with van der Waals surface area (Å²) in [5.74, 6) is 1.23. The summed E-state index contributed by atoms with van der Waals surface area (Å²) in [6.07, 6.45) is 2.50. The van der Waals surface area contributed by atoms with E-state index in [2.05, 4.69) is 23.1 Å². The predicted molar refractivity (Wildman–Crippen MR) is 71.6 cm³/mol. The highest BCUT2D eigenvalue weighted by Gasteiger charge is 2.43. The summed E-state index contributed by atoms with van der Waals surface area (Å²) in [6.45, 7) is 1.06. The van der Waals surface area contributed by atoms with E-state index in [1.165, 1.54) is 24.2 Å². The van der Waals surface area contributed by atoms with Gasteiger partial charge in [-0.25, -0.2) is 0 Å². The van der Waals surface area contributed by atoms with E-state index in [1.807, 2.05) is 12.1 Å². The smallest absolute Gasteiger partial charge is 0.0595 e. The molecule has 0 aliphatic carbocycles. The Morgan fingerprint density at radius 1 is 1.31 bits per heavy atom. The van der Waals surface area contributed by atoms with Crippen LogP contribution >= 0.6 is 35.0 Å². The molecule has 4 heteroatoms. The minimum absolute atomic E-state index is 0.233. The van der Waals surface area contributed by atoms with E-state index in [-0.39, 0.29) is 4.75 Å². The Labute approximate surface area is 110 Å². The molecule has 2 saturated heterocycles. The van der Waals surface area contributed by atoms with Gasteiger partial charge in [-0.1, -0.05) is 29.3 Å².